The van der Waals surface area contributed by atoms with Crippen molar-refractivity contribution in [3.05, 3.63) is 59.9 Å². The average Bonchev–Trinajstić information content (AvgIpc) is 3.11. The molecule has 1 heterocycles. The quantitative estimate of drug-likeness (QED) is 0.575. The maximum absolute atomic E-state index is 13.2. The number of hydrogen-bond acceptors (Lipinski definition) is 4. The van der Waals surface area contributed by atoms with Crippen molar-refractivity contribution in [1.29, 1.82) is 0 Å². The lowest BCUT2D eigenvalue weighted by molar-refractivity contribution is -0.135. The summed E-state index contributed by atoms with van der Waals surface area (Å²) in [5.74, 6) is 1.15. The van der Waals surface area contributed by atoms with E-state index in [9.17, 15) is 9.59 Å². The van der Waals surface area contributed by atoms with Crippen LogP contribution in [-0.2, 0) is 11.3 Å². The fraction of sp³-hybridized carbons (Fsp3) is 0.400. The maximum atomic E-state index is 13.2. The van der Waals surface area contributed by atoms with Crippen molar-refractivity contribution in [2.75, 3.05) is 7.11 Å². The highest BCUT2D eigenvalue weighted by Gasteiger charge is 2.25. The van der Waals surface area contributed by atoms with Crippen LogP contribution in [0.4, 0.5) is 0 Å². The molecule has 170 valence electrons. The summed E-state index contributed by atoms with van der Waals surface area (Å²) in [5, 5.41) is 3.01. The third kappa shape index (κ3) is 4.93. The van der Waals surface area contributed by atoms with Crippen molar-refractivity contribution in [2.24, 2.45) is 0 Å². The fourth-order valence-corrected chi connectivity index (χ4v) is 4.07. The van der Waals surface area contributed by atoms with Gasteiger partial charge in [0.25, 0.3) is 5.91 Å². The Kier molecular flexibility index (Phi) is 7.18. The van der Waals surface area contributed by atoms with E-state index in [1.54, 1.807) is 31.4 Å². The third-order valence-corrected chi connectivity index (χ3v) is 5.47. The van der Waals surface area contributed by atoms with Crippen LogP contribution in [0.15, 0.2) is 48.5 Å². The molecular weight excluding hydrogens is 404 g/mol. The minimum atomic E-state index is -0.392. The highest BCUT2D eigenvalue weighted by molar-refractivity contribution is 5.94. The summed E-state index contributed by atoms with van der Waals surface area (Å²) in [6.45, 7) is 10.1. The molecule has 3 rings (SSSR count). The molecule has 0 aliphatic carbocycles. The number of fused-ring (bicyclic) bond motifs is 1. The Morgan fingerprint density at radius 3 is 2.22 bits per heavy atom. The van der Waals surface area contributed by atoms with Crippen LogP contribution in [0.2, 0.25) is 0 Å². The molecule has 0 bridgehead atoms. The summed E-state index contributed by atoms with van der Waals surface area (Å²) in [4.78, 5) is 32.6. The molecule has 2 aromatic carbocycles. The molecule has 7 nitrogen and oxygen atoms in total. The number of ether oxygens (including phenoxy) is 1. The van der Waals surface area contributed by atoms with Crippen LogP contribution < -0.4 is 10.1 Å². The van der Waals surface area contributed by atoms with E-state index < -0.39 is 6.04 Å². The normalized spacial score (nSPS) is 12.2. The number of aromatic nitrogens is 2. The Labute approximate surface area is 189 Å². The molecule has 1 N–H and O–H groups in total. The van der Waals surface area contributed by atoms with Crippen molar-refractivity contribution < 1.29 is 14.3 Å². The van der Waals surface area contributed by atoms with Crippen LogP contribution in [-0.4, -0.2) is 45.5 Å². The first kappa shape index (κ1) is 23.3. The first-order chi connectivity index (χ1) is 15.2. The van der Waals surface area contributed by atoms with Gasteiger partial charge in [-0.15, -0.1) is 0 Å². The van der Waals surface area contributed by atoms with Gasteiger partial charge in [-0.05, 0) is 71.0 Å². The first-order valence-electron chi connectivity index (χ1n) is 10.9. The van der Waals surface area contributed by atoms with Crippen molar-refractivity contribution in [2.45, 2.75) is 59.3 Å². The SMILES string of the molecule is COc1ccc(C(=O)NC(C)c2nc3ccccc3n2CC(=O)N(C(C)C)C(C)C)cc1. The zero-order valence-electron chi connectivity index (χ0n) is 19.6. The largest absolute Gasteiger partial charge is 0.497 e. The molecule has 32 heavy (non-hydrogen) atoms. The molecule has 0 aliphatic heterocycles. The average molecular weight is 437 g/mol. The molecule has 2 amide bonds. The highest BCUT2D eigenvalue weighted by Crippen LogP contribution is 2.22. The zero-order chi connectivity index (χ0) is 23.4. The molecule has 1 unspecified atom stereocenters. The van der Waals surface area contributed by atoms with Gasteiger partial charge in [0.05, 0.1) is 24.2 Å². The Morgan fingerprint density at radius 2 is 1.62 bits per heavy atom. The number of nitrogens with one attached hydrogen (secondary N) is 1. The lowest BCUT2D eigenvalue weighted by atomic mass is 10.2. The van der Waals surface area contributed by atoms with Gasteiger partial charge in [0.2, 0.25) is 5.91 Å². The van der Waals surface area contributed by atoms with Crippen LogP contribution in [0.3, 0.4) is 0 Å². The van der Waals surface area contributed by atoms with Crippen LogP contribution in [0.1, 0.15) is 56.8 Å². The molecule has 1 aromatic heterocycles. The molecule has 0 radical (unpaired) electrons. The van der Waals surface area contributed by atoms with E-state index in [-0.39, 0.29) is 30.4 Å². The van der Waals surface area contributed by atoms with Gasteiger partial charge in [-0.3, -0.25) is 9.59 Å². The Hall–Kier alpha value is -3.35. The van der Waals surface area contributed by atoms with E-state index in [2.05, 4.69) is 5.32 Å². The van der Waals surface area contributed by atoms with E-state index in [4.69, 9.17) is 9.72 Å². The lowest BCUT2D eigenvalue weighted by Gasteiger charge is -2.31. The smallest absolute Gasteiger partial charge is 0.251 e. The monoisotopic (exact) mass is 436 g/mol. The standard InChI is InChI=1S/C25H32N4O3/c1-16(2)29(17(3)4)23(30)15-28-22-10-8-7-9-21(22)27-24(28)18(5)26-25(31)19-11-13-20(32-6)14-12-19/h7-14,16-18H,15H2,1-6H3,(H,26,31). The van der Waals surface area contributed by atoms with Crippen LogP contribution in [0.5, 0.6) is 5.75 Å². The summed E-state index contributed by atoms with van der Waals surface area (Å²) in [7, 11) is 1.59. The molecular formula is C25H32N4O3. The van der Waals surface area contributed by atoms with Gasteiger partial charge in [0.15, 0.2) is 0 Å². The summed E-state index contributed by atoms with van der Waals surface area (Å²) in [5.41, 5.74) is 2.19. The summed E-state index contributed by atoms with van der Waals surface area (Å²) >= 11 is 0. The number of hydrogen-bond donors (Lipinski definition) is 1. The number of para-hydroxylation sites is 2. The summed E-state index contributed by atoms with van der Waals surface area (Å²) in [6, 6.07) is 14.4. The minimum absolute atomic E-state index is 0.0214. The third-order valence-electron chi connectivity index (χ3n) is 5.47. The topological polar surface area (TPSA) is 76.5 Å². The van der Waals surface area contributed by atoms with Crippen LogP contribution >= 0.6 is 0 Å². The fourth-order valence-electron chi connectivity index (χ4n) is 4.07. The summed E-state index contributed by atoms with van der Waals surface area (Å²) in [6.07, 6.45) is 0. The van der Waals surface area contributed by atoms with Gasteiger partial charge in [0.1, 0.15) is 18.1 Å². The van der Waals surface area contributed by atoms with E-state index in [1.165, 1.54) is 0 Å². The number of amides is 2. The van der Waals surface area contributed by atoms with Gasteiger partial charge in [-0.2, -0.15) is 0 Å². The lowest BCUT2D eigenvalue weighted by Crippen LogP contribution is -2.44. The van der Waals surface area contributed by atoms with Crippen molar-refractivity contribution in [3.63, 3.8) is 0 Å². The molecule has 3 aromatic rings. The van der Waals surface area contributed by atoms with Gasteiger partial charge < -0.3 is 19.5 Å². The van der Waals surface area contributed by atoms with Gasteiger partial charge in [0, 0.05) is 17.6 Å². The molecule has 7 heteroatoms. The second-order valence-electron chi connectivity index (χ2n) is 8.46. The Morgan fingerprint density at radius 1 is 1.00 bits per heavy atom. The molecule has 0 saturated heterocycles. The minimum Gasteiger partial charge on any atom is -0.497 e. The number of carbonyl (C=O) groups is 2. The number of imidazole rings is 1. The highest BCUT2D eigenvalue weighted by atomic mass is 16.5. The Bertz CT molecular complexity index is 1080. The number of rotatable bonds is 8. The second kappa shape index (κ2) is 9.85. The molecule has 0 fully saturated rings. The second-order valence-corrected chi connectivity index (χ2v) is 8.46. The van der Waals surface area contributed by atoms with Gasteiger partial charge >= 0.3 is 0 Å². The zero-order valence-corrected chi connectivity index (χ0v) is 19.6. The van der Waals surface area contributed by atoms with Crippen molar-refractivity contribution in [3.8, 4) is 5.75 Å². The first-order valence-corrected chi connectivity index (χ1v) is 10.9. The maximum Gasteiger partial charge on any atom is 0.251 e. The number of carbonyl (C=O) groups excluding carboxylic acids is 2. The van der Waals surface area contributed by atoms with E-state index in [0.717, 1.165) is 11.0 Å². The van der Waals surface area contributed by atoms with Gasteiger partial charge in [-0.25, -0.2) is 4.98 Å². The molecule has 0 aliphatic rings. The van der Waals surface area contributed by atoms with E-state index in [0.29, 0.717) is 17.1 Å². The van der Waals surface area contributed by atoms with E-state index in [1.807, 2.05) is 68.4 Å². The molecule has 0 saturated carbocycles. The predicted octanol–water partition coefficient (Wildman–Crippen LogP) is 4.18. The van der Waals surface area contributed by atoms with Crippen molar-refractivity contribution in [1.82, 2.24) is 19.8 Å². The number of methoxy groups -OCH3 is 1. The van der Waals surface area contributed by atoms with Crippen molar-refractivity contribution >= 4 is 22.8 Å². The molecule has 1 atom stereocenters. The molecule has 0 spiro atoms. The van der Waals surface area contributed by atoms with Crippen LogP contribution in [0.25, 0.3) is 11.0 Å². The van der Waals surface area contributed by atoms with Gasteiger partial charge in [-0.1, -0.05) is 12.1 Å². The number of benzene rings is 2. The van der Waals surface area contributed by atoms with E-state index >= 15 is 0 Å². The Balaban J connectivity index is 1.90. The predicted molar refractivity (Wildman–Crippen MR) is 126 cm³/mol. The van der Waals surface area contributed by atoms with Crippen LogP contribution in [0, 0.1) is 0 Å². The summed E-state index contributed by atoms with van der Waals surface area (Å²) < 4.78 is 7.07. The number of nitrogens with zero attached hydrogens (tertiary/aromatic N) is 3.